The van der Waals surface area contributed by atoms with Crippen LogP contribution in [0.2, 0.25) is 0 Å². The zero-order valence-corrected chi connectivity index (χ0v) is 9.84. The Balaban J connectivity index is 2.56. The molecule has 1 aliphatic rings. The molecular formula is C13H24O. The van der Waals surface area contributed by atoms with E-state index >= 15 is 0 Å². The molecule has 0 heterocycles. The lowest BCUT2D eigenvalue weighted by atomic mass is 9.65. The Bertz CT molecular complexity index is 203. The van der Waals surface area contributed by atoms with Gasteiger partial charge in [0.1, 0.15) is 0 Å². The Morgan fingerprint density at radius 3 is 2.71 bits per heavy atom. The van der Waals surface area contributed by atoms with Crippen LogP contribution in [0.3, 0.4) is 0 Å². The van der Waals surface area contributed by atoms with E-state index in [1.165, 1.54) is 24.8 Å². The number of aliphatic hydroxyl groups is 1. The number of rotatable bonds is 3. The van der Waals surface area contributed by atoms with Crippen LogP contribution in [0.4, 0.5) is 0 Å². The minimum absolute atomic E-state index is 0.166. The average Bonchev–Trinajstić information content (AvgIpc) is 2.01. The number of hydrogen-bond donors (Lipinski definition) is 1. The molecule has 0 aromatic rings. The third kappa shape index (κ3) is 2.84. The molecule has 2 unspecified atom stereocenters. The first kappa shape index (κ1) is 11.8. The maximum absolute atomic E-state index is 9.31. The van der Waals surface area contributed by atoms with Crippen LogP contribution in [0.15, 0.2) is 12.2 Å². The molecule has 82 valence electrons. The van der Waals surface area contributed by atoms with Gasteiger partial charge in [-0.3, -0.25) is 0 Å². The van der Waals surface area contributed by atoms with Crippen molar-refractivity contribution in [3.8, 4) is 0 Å². The highest BCUT2D eigenvalue weighted by molar-refractivity contribution is 5.09. The summed E-state index contributed by atoms with van der Waals surface area (Å²) in [5.74, 6) is 0.617. The summed E-state index contributed by atoms with van der Waals surface area (Å²) in [7, 11) is 0. The summed E-state index contributed by atoms with van der Waals surface area (Å²) in [5, 5.41) is 9.31. The number of aliphatic hydroxyl groups excluding tert-OH is 1. The largest absolute Gasteiger partial charge is 0.393 e. The predicted molar refractivity (Wildman–Crippen MR) is 61.2 cm³/mol. The second-order valence-corrected chi connectivity index (χ2v) is 5.48. The molecule has 2 atom stereocenters. The van der Waals surface area contributed by atoms with Crippen LogP contribution in [0.1, 0.15) is 52.9 Å². The highest BCUT2D eigenvalue weighted by Gasteiger charge is 2.33. The van der Waals surface area contributed by atoms with E-state index in [1.807, 2.05) is 6.92 Å². The average molecular weight is 196 g/mol. The van der Waals surface area contributed by atoms with Crippen LogP contribution in [-0.4, -0.2) is 11.2 Å². The van der Waals surface area contributed by atoms with Gasteiger partial charge in [-0.25, -0.2) is 0 Å². The van der Waals surface area contributed by atoms with Gasteiger partial charge in [0.15, 0.2) is 0 Å². The number of allylic oxidation sites excluding steroid dienone is 1. The van der Waals surface area contributed by atoms with Crippen molar-refractivity contribution in [3.05, 3.63) is 12.2 Å². The summed E-state index contributed by atoms with van der Waals surface area (Å²) in [6.45, 7) is 10.7. The van der Waals surface area contributed by atoms with Crippen molar-refractivity contribution in [1.29, 1.82) is 0 Å². The maximum atomic E-state index is 9.31. The van der Waals surface area contributed by atoms with Gasteiger partial charge in [0.05, 0.1) is 6.10 Å². The van der Waals surface area contributed by atoms with Gasteiger partial charge in [0.2, 0.25) is 0 Å². The Labute approximate surface area is 88.2 Å². The Morgan fingerprint density at radius 1 is 1.57 bits per heavy atom. The smallest absolute Gasteiger partial charge is 0.0512 e. The van der Waals surface area contributed by atoms with Gasteiger partial charge in [0.25, 0.3) is 0 Å². The van der Waals surface area contributed by atoms with Crippen LogP contribution >= 0.6 is 0 Å². The molecule has 0 bridgehead atoms. The predicted octanol–water partition coefficient (Wildman–Crippen LogP) is 3.53. The van der Waals surface area contributed by atoms with Crippen molar-refractivity contribution in [3.63, 3.8) is 0 Å². The van der Waals surface area contributed by atoms with Crippen molar-refractivity contribution in [2.75, 3.05) is 0 Å². The molecule has 14 heavy (non-hydrogen) atoms. The van der Waals surface area contributed by atoms with E-state index in [-0.39, 0.29) is 6.10 Å². The van der Waals surface area contributed by atoms with Crippen molar-refractivity contribution >= 4 is 0 Å². The fourth-order valence-electron chi connectivity index (χ4n) is 2.67. The van der Waals surface area contributed by atoms with Gasteiger partial charge in [-0.1, -0.05) is 26.0 Å². The summed E-state index contributed by atoms with van der Waals surface area (Å²) in [4.78, 5) is 0. The summed E-state index contributed by atoms with van der Waals surface area (Å²) in [6.07, 6.45) is 5.62. The Hall–Kier alpha value is -0.300. The summed E-state index contributed by atoms with van der Waals surface area (Å²) in [6, 6.07) is 0. The van der Waals surface area contributed by atoms with Crippen molar-refractivity contribution in [2.24, 2.45) is 11.3 Å². The third-order valence-corrected chi connectivity index (χ3v) is 3.63. The minimum atomic E-state index is -0.166. The molecule has 1 heteroatoms. The van der Waals surface area contributed by atoms with Crippen molar-refractivity contribution in [1.82, 2.24) is 0 Å². The van der Waals surface area contributed by atoms with Crippen LogP contribution in [0, 0.1) is 11.3 Å². The molecule has 1 nitrogen and oxygen atoms in total. The van der Waals surface area contributed by atoms with E-state index in [9.17, 15) is 5.11 Å². The molecule has 1 aliphatic carbocycles. The van der Waals surface area contributed by atoms with E-state index in [2.05, 4.69) is 20.4 Å². The summed E-state index contributed by atoms with van der Waals surface area (Å²) < 4.78 is 0. The van der Waals surface area contributed by atoms with Crippen LogP contribution in [-0.2, 0) is 0 Å². The first-order chi connectivity index (χ1) is 6.43. The molecule has 0 amide bonds. The topological polar surface area (TPSA) is 20.2 Å². The number of hydrogen-bond acceptors (Lipinski definition) is 1. The molecule has 0 aliphatic heterocycles. The lowest BCUT2D eigenvalue weighted by Crippen LogP contribution is -2.30. The SMILES string of the molecule is C=C1CCCC(C)(C)C1CCC(C)O. The zero-order chi connectivity index (χ0) is 10.8. The van der Waals surface area contributed by atoms with E-state index in [0.29, 0.717) is 11.3 Å². The first-order valence-electron chi connectivity index (χ1n) is 5.79. The van der Waals surface area contributed by atoms with Crippen LogP contribution in [0.25, 0.3) is 0 Å². The fourth-order valence-corrected chi connectivity index (χ4v) is 2.67. The molecule has 1 saturated carbocycles. The van der Waals surface area contributed by atoms with Crippen LogP contribution < -0.4 is 0 Å². The Kier molecular flexibility index (Phi) is 3.77. The van der Waals surface area contributed by atoms with Crippen LogP contribution in [0.5, 0.6) is 0 Å². The van der Waals surface area contributed by atoms with Crippen molar-refractivity contribution < 1.29 is 5.11 Å². The van der Waals surface area contributed by atoms with Crippen molar-refractivity contribution in [2.45, 2.75) is 59.0 Å². The molecule has 0 aromatic heterocycles. The summed E-state index contributed by atoms with van der Waals surface area (Å²) in [5.41, 5.74) is 1.80. The molecule has 0 spiro atoms. The minimum Gasteiger partial charge on any atom is -0.393 e. The lowest BCUT2D eigenvalue weighted by Gasteiger charge is -2.40. The normalized spacial score (nSPS) is 28.9. The molecule has 1 fully saturated rings. The van der Waals surface area contributed by atoms with E-state index in [4.69, 9.17) is 0 Å². The maximum Gasteiger partial charge on any atom is 0.0512 e. The molecule has 0 radical (unpaired) electrons. The molecule has 1 rings (SSSR count). The third-order valence-electron chi connectivity index (χ3n) is 3.63. The summed E-state index contributed by atoms with van der Waals surface area (Å²) >= 11 is 0. The molecule has 1 N–H and O–H groups in total. The van der Waals surface area contributed by atoms with Gasteiger partial charge >= 0.3 is 0 Å². The standard InChI is InChI=1S/C13H24O/c1-10-6-5-9-13(3,4)12(10)8-7-11(2)14/h11-12,14H,1,5-9H2,2-4H3. The van der Waals surface area contributed by atoms with E-state index < -0.39 is 0 Å². The van der Waals surface area contributed by atoms with Gasteiger partial charge < -0.3 is 5.11 Å². The molecule has 0 aromatic carbocycles. The lowest BCUT2D eigenvalue weighted by molar-refractivity contribution is 0.135. The zero-order valence-electron chi connectivity index (χ0n) is 9.84. The second-order valence-electron chi connectivity index (χ2n) is 5.48. The van der Waals surface area contributed by atoms with Gasteiger partial charge in [0, 0.05) is 0 Å². The Morgan fingerprint density at radius 2 is 2.21 bits per heavy atom. The molecule has 0 saturated heterocycles. The monoisotopic (exact) mass is 196 g/mol. The van der Waals surface area contributed by atoms with Gasteiger partial charge in [-0.15, -0.1) is 0 Å². The van der Waals surface area contributed by atoms with E-state index in [1.54, 1.807) is 0 Å². The van der Waals surface area contributed by atoms with Gasteiger partial charge in [-0.05, 0) is 50.4 Å². The first-order valence-corrected chi connectivity index (χ1v) is 5.79. The highest BCUT2D eigenvalue weighted by Crippen LogP contribution is 2.45. The van der Waals surface area contributed by atoms with Gasteiger partial charge in [-0.2, -0.15) is 0 Å². The fraction of sp³-hybridized carbons (Fsp3) is 0.846. The molecular weight excluding hydrogens is 172 g/mol. The van der Waals surface area contributed by atoms with E-state index in [0.717, 1.165) is 12.8 Å². The second kappa shape index (κ2) is 4.48. The highest BCUT2D eigenvalue weighted by atomic mass is 16.3. The quantitative estimate of drug-likeness (QED) is 0.685.